The number of methoxy groups -OCH3 is 1. The summed E-state index contributed by atoms with van der Waals surface area (Å²) in [5.74, 6) is -0.145. The van der Waals surface area contributed by atoms with Gasteiger partial charge in [-0.25, -0.2) is 0 Å². The molecule has 1 heterocycles. The molecule has 0 saturated heterocycles. The Balaban J connectivity index is 2.75. The van der Waals surface area contributed by atoms with Crippen molar-refractivity contribution in [2.24, 2.45) is 0 Å². The number of nitrogens with zero attached hydrogens (tertiary/aromatic N) is 1. The number of pyridine rings is 1. The first-order valence-electron chi connectivity index (χ1n) is 3.92. The topological polar surface area (TPSA) is 57.4 Å². The van der Waals surface area contributed by atoms with Crippen LogP contribution in [0.2, 0.25) is 0 Å². The van der Waals surface area contributed by atoms with Gasteiger partial charge in [0.1, 0.15) is 0 Å². The second-order valence-electron chi connectivity index (χ2n) is 2.65. The van der Waals surface area contributed by atoms with Gasteiger partial charge in [-0.1, -0.05) is 0 Å². The molecule has 0 spiro atoms. The van der Waals surface area contributed by atoms with Crippen molar-refractivity contribution in [3.63, 3.8) is 0 Å². The van der Waals surface area contributed by atoms with Crippen LogP contribution in [0.1, 0.15) is 0 Å². The van der Waals surface area contributed by atoms with E-state index in [1.807, 2.05) is 0 Å². The second-order valence-corrected chi connectivity index (χ2v) is 2.65. The van der Waals surface area contributed by atoms with Crippen LogP contribution in [0, 0.1) is 0 Å². The van der Waals surface area contributed by atoms with Gasteiger partial charge in [0.15, 0.2) is 6.61 Å². The van der Waals surface area contributed by atoms with Crippen molar-refractivity contribution in [3.05, 3.63) is 12.1 Å². The van der Waals surface area contributed by atoms with E-state index in [0.29, 0.717) is 0 Å². The number of halogens is 3. The molecule has 1 aromatic heterocycles. The first kappa shape index (κ1) is 11.4. The van der Waals surface area contributed by atoms with Crippen LogP contribution in [-0.4, -0.2) is 24.9 Å². The number of hydrogen-bond donors (Lipinski definition) is 1. The highest BCUT2D eigenvalue weighted by Gasteiger charge is 2.29. The third-order valence-corrected chi connectivity index (χ3v) is 1.45. The molecule has 0 bridgehead atoms. The Bertz CT molecular complexity index is 341. The molecule has 0 radical (unpaired) electrons. The maximum absolute atomic E-state index is 11.8. The monoisotopic (exact) mass is 222 g/mol. The van der Waals surface area contributed by atoms with Crippen molar-refractivity contribution in [2.75, 3.05) is 19.5 Å². The van der Waals surface area contributed by atoms with Crippen LogP contribution in [-0.2, 0) is 0 Å². The van der Waals surface area contributed by atoms with Gasteiger partial charge >= 0.3 is 6.18 Å². The van der Waals surface area contributed by atoms with Gasteiger partial charge in [-0.2, -0.15) is 18.2 Å². The van der Waals surface area contributed by atoms with Gasteiger partial charge in [-0.15, -0.1) is 0 Å². The van der Waals surface area contributed by atoms with Gasteiger partial charge in [-0.05, 0) is 6.07 Å². The number of nitrogens with two attached hydrogens (primary N) is 1. The summed E-state index contributed by atoms with van der Waals surface area (Å²) in [6, 6.07) is 2.79. The molecule has 0 amide bonds. The largest absolute Gasteiger partial charge is 0.481 e. The van der Waals surface area contributed by atoms with Crippen LogP contribution < -0.4 is 15.2 Å². The molecule has 1 aromatic rings. The number of aromatic nitrogens is 1. The highest BCUT2D eigenvalue weighted by atomic mass is 19.4. The van der Waals surface area contributed by atoms with Crippen molar-refractivity contribution < 1.29 is 22.6 Å². The molecule has 0 fully saturated rings. The lowest BCUT2D eigenvalue weighted by Gasteiger charge is -2.10. The van der Waals surface area contributed by atoms with Gasteiger partial charge in [0.05, 0.1) is 12.8 Å². The zero-order valence-electron chi connectivity index (χ0n) is 7.84. The molecule has 0 unspecified atom stereocenters. The average Bonchev–Trinajstić information content (AvgIpc) is 2.15. The summed E-state index contributed by atoms with van der Waals surface area (Å²) < 4.78 is 44.6. The Labute approximate surface area is 83.8 Å². The van der Waals surface area contributed by atoms with E-state index in [4.69, 9.17) is 10.5 Å². The minimum Gasteiger partial charge on any atom is -0.481 e. The molecule has 0 atom stereocenters. The first-order valence-corrected chi connectivity index (χ1v) is 3.92. The number of alkyl halides is 3. The van der Waals surface area contributed by atoms with Crippen molar-refractivity contribution in [1.29, 1.82) is 0 Å². The normalized spacial score (nSPS) is 11.2. The Kier molecular flexibility index (Phi) is 3.23. The molecule has 0 aliphatic rings. The number of rotatable bonds is 3. The summed E-state index contributed by atoms with van der Waals surface area (Å²) in [5, 5.41) is 0. The van der Waals surface area contributed by atoms with Crippen LogP contribution in [0.4, 0.5) is 18.9 Å². The second kappa shape index (κ2) is 4.24. The summed E-state index contributed by atoms with van der Waals surface area (Å²) in [6.07, 6.45) is -4.42. The number of anilines is 1. The molecule has 0 aromatic carbocycles. The van der Waals surface area contributed by atoms with Crippen LogP contribution >= 0.6 is 0 Å². The maximum Gasteiger partial charge on any atom is 0.422 e. The first-order chi connectivity index (χ1) is 6.92. The molecule has 7 heteroatoms. The van der Waals surface area contributed by atoms with E-state index in [-0.39, 0.29) is 17.4 Å². The van der Waals surface area contributed by atoms with Gasteiger partial charge < -0.3 is 15.2 Å². The third-order valence-electron chi connectivity index (χ3n) is 1.45. The SMILES string of the molecule is COc1ccc(N)c(OCC(F)(F)F)n1. The Morgan fingerprint density at radius 1 is 1.40 bits per heavy atom. The molecule has 0 saturated carbocycles. The molecule has 0 aliphatic carbocycles. The lowest BCUT2D eigenvalue weighted by Crippen LogP contribution is -2.20. The van der Waals surface area contributed by atoms with E-state index < -0.39 is 12.8 Å². The zero-order valence-corrected chi connectivity index (χ0v) is 7.84. The van der Waals surface area contributed by atoms with Crippen LogP contribution in [0.3, 0.4) is 0 Å². The van der Waals surface area contributed by atoms with E-state index in [2.05, 4.69) is 9.72 Å². The van der Waals surface area contributed by atoms with E-state index >= 15 is 0 Å². The van der Waals surface area contributed by atoms with Crippen LogP contribution in [0.15, 0.2) is 12.1 Å². The standard InChI is InChI=1S/C8H9F3N2O2/c1-14-6-3-2-5(12)7(13-6)15-4-8(9,10)11/h2-3H,4,12H2,1H3. The van der Waals surface area contributed by atoms with Crippen molar-refractivity contribution >= 4 is 5.69 Å². The Hall–Kier alpha value is -1.66. The summed E-state index contributed by atoms with van der Waals surface area (Å²) in [4.78, 5) is 3.62. The Morgan fingerprint density at radius 2 is 2.07 bits per heavy atom. The Morgan fingerprint density at radius 3 is 2.60 bits per heavy atom. The van der Waals surface area contributed by atoms with E-state index in [9.17, 15) is 13.2 Å². The fourth-order valence-electron chi connectivity index (χ4n) is 0.814. The zero-order chi connectivity index (χ0) is 11.5. The molecule has 4 nitrogen and oxygen atoms in total. The number of ether oxygens (including phenoxy) is 2. The number of hydrogen-bond acceptors (Lipinski definition) is 4. The van der Waals surface area contributed by atoms with Crippen molar-refractivity contribution in [3.8, 4) is 11.8 Å². The lowest BCUT2D eigenvalue weighted by atomic mass is 10.4. The van der Waals surface area contributed by atoms with Gasteiger partial charge in [0.2, 0.25) is 11.8 Å². The third kappa shape index (κ3) is 3.53. The summed E-state index contributed by atoms with van der Waals surface area (Å²) in [7, 11) is 1.34. The highest BCUT2D eigenvalue weighted by molar-refractivity contribution is 5.49. The van der Waals surface area contributed by atoms with Crippen molar-refractivity contribution in [1.82, 2.24) is 4.98 Å². The summed E-state index contributed by atoms with van der Waals surface area (Å²) >= 11 is 0. The summed E-state index contributed by atoms with van der Waals surface area (Å²) in [6.45, 7) is -1.43. The molecular weight excluding hydrogens is 213 g/mol. The molecular formula is C8H9F3N2O2. The minimum absolute atomic E-state index is 0.0278. The van der Waals surface area contributed by atoms with E-state index in [1.54, 1.807) is 0 Å². The van der Waals surface area contributed by atoms with E-state index in [1.165, 1.54) is 19.2 Å². The van der Waals surface area contributed by atoms with Gasteiger partial charge in [0.25, 0.3) is 0 Å². The van der Waals surface area contributed by atoms with E-state index in [0.717, 1.165) is 0 Å². The van der Waals surface area contributed by atoms with Gasteiger partial charge in [0, 0.05) is 6.07 Å². The van der Waals surface area contributed by atoms with Crippen LogP contribution in [0.5, 0.6) is 11.8 Å². The fraction of sp³-hybridized carbons (Fsp3) is 0.375. The molecule has 2 N–H and O–H groups in total. The predicted molar refractivity (Wildman–Crippen MR) is 46.8 cm³/mol. The quantitative estimate of drug-likeness (QED) is 0.844. The summed E-state index contributed by atoms with van der Waals surface area (Å²) in [5.41, 5.74) is 5.39. The molecule has 84 valence electrons. The highest BCUT2D eigenvalue weighted by Crippen LogP contribution is 2.24. The smallest absolute Gasteiger partial charge is 0.422 e. The van der Waals surface area contributed by atoms with Gasteiger partial charge in [-0.3, -0.25) is 0 Å². The molecule has 1 rings (SSSR count). The molecule has 15 heavy (non-hydrogen) atoms. The minimum atomic E-state index is -4.42. The molecule has 0 aliphatic heterocycles. The maximum atomic E-state index is 11.8. The average molecular weight is 222 g/mol. The van der Waals surface area contributed by atoms with Crippen molar-refractivity contribution in [2.45, 2.75) is 6.18 Å². The fourth-order valence-corrected chi connectivity index (χ4v) is 0.814. The lowest BCUT2D eigenvalue weighted by molar-refractivity contribution is -0.154. The predicted octanol–water partition coefficient (Wildman–Crippen LogP) is 1.61. The van der Waals surface area contributed by atoms with Crippen LogP contribution in [0.25, 0.3) is 0 Å². The number of nitrogen functional groups attached to an aromatic ring is 1.